The largest absolute Gasteiger partial charge is 0.465 e. The lowest BCUT2D eigenvalue weighted by Gasteiger charge is -2.48. The number of ether oxygens (including phenoxy) is 7. The van der Waals surface area contributed by atoms with E-state index < -0.39 is 72.9 Å². The van der Waals surface area contributed by atoms with Gasteiger partial charge in [0.2, 0.25) is 0 Å². The highest BCUT2D eigenvalue weighted by atomic mass is 16.7. The molecular formula is C28H39NO12. The van der Waals surface area contributed by atoms with Crippen LogP contribution >= 0.6 is 0 Å². The zero-order chi connectivity index (χ0) is 30.1. The van der Waals surface area contributed by atoms with Crippen LogP contribution in [0.2, 0.25) is 0 Å². The molecule has 13 heteroatoms. The molecule has 0 amide bonds. The molecule has 2 heterocycles. The molecular weight excluding hydrogens is 542 g/mol. The van der Waals surface area contributed by atoms with Crippen molar-refractivity contribution in [2.24, 2.45) is 11.8 Å². The number of carbonyl (C=O) groups excluding carboxylic acids is 4. The molecule has 1 aromatic rings. The molecule has 2 aliphatic rings. The van der Waals surface area contributed by atoms with Gasteiger partial charge in [0, 0.05) is 38.4 Å². The van der Waals surface area contributed by atoms with Crippen LogP contribution < -0.4 is 5.32 Å². The normalized spacial score (nSPS) is 33.4. The summed E-state index contributed by atoms with van der Waals surface area (Å²) in [6.45, 7) is 5.76. The Morgan fingerprint density at radius 3 is 2.24 bits per heavy atom. The van der Waals surface area contributed by atoms with E-state index in [9.17, 15) is 24.3 Å². The quantitative estimate of drug-likeness (QED) is 0.144. The summed E-state index contributed by atoms with van der Waals surface area (Å²) < 4.78 is 39.6. The molecule has 228 valence electrons. The van der Waals surface area contributed by atoms with Crippen LogP contribution in [0.3, 0.4) is 0 Å². The number of nitrogens with one attached hydrogen (secondary N) is 1. The molecule has 2 saturated heterocycles. The third-order valence-electron chi connectivity index (χ3n) is 7.27. The van der Waals surface area contributed by atoms with Gasteiger partial charge in [0.1, 0.15) is 25.4 Å². The predicted octanol–water partition coefficient (Wildman–Crippen LogP) is 0.610. The van der Waals surface area contributed by atoms with Gasteiger partial charge in [-0.25, -0.2) is 0 Å². The van der Waals surface area contributed by atoms with Gasteiger partial charge in [0.25, 0.3) is 6.47 Å². The van der Waals surface area contributed by atoms with Gasteiger partial charge in [-0.15, -0.1) is 0 Å². The number of rotatable bonds is 13. The van der Waals surface area contributed by atoms with E-state index in [1.54, 1.807) is 31.2 Å². The molecule has 2 aliphatic heterocycles. The van der Waals surface area contributed by atoms with Crippen LogP contribution in [0.4, 0.5) is 0 Å². The average Bonchev–Trinajstić information content (AvgIpc) is 2.95. The van der Waals surface area contributed by atoms with Gasteiger partial charge >= 0.3 is 11.9 Å². The SMILES string of the molecule is COC1OC(COC(C)=O)[C@@H](OC2O[C@@H](COC=O)[C@@H](O)C(C)[C@@H]2OC(C)=O)[C@H](C)[C@@H]1NCC(=O)c1ccccc1. The maximum absolute atomic E-state index is 12.8. The summed E-state index contributed by atoms with van der Waals surface area (Å²) in [4.78, 5) is 47.2. The van der Waals surface area contributed by atoms with Gasteiger partial charge in [-0.05, 0) is 0 Å². The summed E-state index contributed by atoms with van der Waals surface area (Å²) in [6, 6.07) is 8.25. The lowest BCUT2D eigenvalue weighted by Crippen LogP contribution is -2.64. The average molecular weight is 582 g/mol. The highest BCUT2D eigenvalue weighted by molar-refractivity contribution is 5.97. The maximum atomic E-state index is 12.8. The van der Waals surface area contributed by atoms with E-state index in [1.165, 1.54) is 21.0 Å². The number of hydrogen-bond donors (Lipinski definition) is 2. The van der Waals surface area contributed by atoms with E-state index in [0.29, 0.717) is 5.56 Å². The molecule has 2 N–H and O–H groups in total. The number of carbonyl (C=O) groups is 4. The number of Topliss-reactive ketones (excluding diaryl/α,β-unsaturated/α-hetero) is 1. The van der Waals surface area contributed by atoms with Crippen LogP contribution in [0.5, 0.6) is 0 Å². The second-order valence-corrected chi connectivity index (χ2v) is 10.1. The van der Waals surface area contributed by atoms with Crippen molar-refractivity contribution in [2.45, 2.75) is 76.8 Å². The standard InChI is InChI=1S/C28H39NO12/c1-15-23(29-11-20(33)19-9-7-6-8-10-19)27(35-5)40-22(13-37-17(3)31)25(15)41-28-26(38-18(4)32)16(2)24(34)21(39-28)12-36-14-30/h6-10,14-16,21-29,34H,11-13H2,1-5H3/t15-,16?,21+,22?,23+,24+,25+,26+,27?,28?/m1/s1. The molecule has 2 fully saturated rings. The van der Waals surface area contributed by atoms with Gasteiger partial charge < -0.3 is 43.6 Å². The molecule has 0 aliphatic carbocycles. The zero-order valence-corrected chi connectivity index (χ0v) is 23.8. The monoisotopic (exact) mass is 581 g/mol. The predicted molar refractivity (Wildman–Crippen MR) is 140 cm³/mol. The Morgan fingerprint density at radius 1 is 0.951 bits per heavy atom. The molecule has 0 aromatic heterocycles. The minimum absolute atomic E-state index is 0.0199. The van der Waals surface area contributed by atoms with Crippen molar-refractivity contribution < 1.29 is 57.4 Å². The third-order valence-corrected chi connectivity index (χ3v) is 7.27. The number of esters is 2. The van der Waals surface area contributed by atoms with Gasteiger partial charge in [-0.2, -0.15) is 0 Å². The number of hydrogen-bond acceptors (Lipinski definition) is 13. The first kappa shape index (κ1) is 32.6. The summed E-state index contributed by atoms with van der Waals surface area (Å²) >= 11 is 0. The minimum atomic E-state index is -1.21. The Bertz CT molecular complexity index is 1020. The molecule has 4 unspecified atom stereocenters. The summed E-state index contributed by atoms with van der Waals surface area (Å²) in [6.07, 6.45) is -6.84. The second-order valence-electron chi connectivity index (χ2n) is 10.1. The van der Waals surface area contributed by atoms with Crippen LogP contribution in [0, 0.1) is 11.8 Å². The summed E-state index contributed by atoms with van der Waals surface area (Å²) in [7, 11) is 1.46. The summed E-state index contributed by atoms with van der Waals surface area (Å²) in [5.74, 6) is -2.37. The van der Waals surface area contributed by atoms with Gasteiger partial charge in [-0.3, -0.25) is 19.2 Å². The molecule has 41 heavy (non-hydrogen) atoms. The molecule has 13 nitrogen and oxygen atoms in total. The van der Waals surface area contributed by atoms with E-state index in [4.69, 9.17) is 33.2 Å². The number of aliphatic hydroxyl groups excluding tert-OH is 1. The van der Waals surface area contributed by atoms with E-state index in [0.717, 1.165) is 0 Å². The fourth-order valence-corrected chi connectivity index (χ4v) is 5.09. The number of ketones is 1. The van der Waals surface area contributed by atoms with Crippen molar-refractivity contribution in [3.8, 4) is 0 Å². The van der Waals surface area contributed by atoms with Crippen molar-refractivity contribution in [3.63, 3.8) is 0 Å². The number of aliphatic hydroxyl groups is 1. The van der Waals surface area contributed by atoms with Crippen molar-refractivity contribution in [3.05, 3.63) is 35.9 Å². The fraction of sp³-hybridized carbons (Fsp3) is 0.643. The zero-order valence-electron chi connectivity index (χ0n) is 23.8. The maximum Gasteiger partial charge on any atom is 0.303 e. The third kappa shape index (κ3) is 8.53. The lowest BCUT2D eigenvalue weighted by molar-refractivity contribution is -0.336. The van der Waals surface area contributed by atoms with Crippen molar-refractivity contribution in [1.29, 1.82) is 0 Å². The van der Waals surface area contributed by atoms with E-state index in [-0.39, 0.29) is 32.0 Å². The molecule has 3 rings (SSSR count). The molecule has 0 radical (unpaired) electrons. The number of benzene rings is 1. The number of methoxy groups -OCH3 is 1. The van der Waals surface area contributed by atoms with E-state index in [1.807, 2.05) is 13.0 Å². The van der Waals surface area contributed by atoms with Crippen LogP contribution in [0.15, 0.2) is 30.3 Å². The smallest absolute Gasteiger partial charge is 0.303 e. The fourth-order valence-electron chi connectivity index (χ4n) is 5.09. The molecule has 1 aromatic carbocycles. The van der Waals surface area contributed by atoms with Crippen LogP contribution in [-0.2, 0) is 47.5 Å². The Labute approximate surface area is 238 Å². The van der Waals surface area contributed by atoms with Crippen molar-refractivity contribution in [2.75, 3.05) is 26.9 Å². The van der Waals surface area contributed by atoms with Crippen molar-refractivity contribution >= 4 is 24.2 Å². The minimum Gasteiger partial charge on any atom is -0.465 e. The second kappa shape index (κ2) is 15.3. The Kier molecular flexibility index (Phi) is 12.2. The first-order valence-corrected chi connectivity index (χ1v) is 13.4. The summed E-state index contributed by atoms with van der Waals surface area (Å²) in [5, 5.41) is 13.9. The first-order chi connectivity index (χ1) is 19.6. The van der Waals surface area contributed by atoms with Crippen molar-refractivity contribution in [1.82, 2.24) is 5.32 Å². The summed E-state index contributed by atoms with van der Waals surface area (Å²) in [5.41, 5.74) is 0.537. The van der Waals surface area contributed by atoms with E-state index >= 15 is 0 Å². The topological polar surface area (TPSA) is 165 Å². The van der Waals surface area contributed by atoms with Crippen LogP contribution in [-0.4, -0.2) is 105 Å². The van der Waals surface area contributed by atoms with Gasteiger partial charge in [0.05, 0.1) is 24.8 Å². The van der Waals surface area contributed by atoms with E-state index in [2.05, 4.69) is 5.32 Å². The Hall–Kier alpha value is -2.94. The van der Waals surface area contributed by atoms with Gasteiger partial charge in [0.15, 0.2) is 24.5 Å². The Morgan fingerprint density at radius 2 is 1.63 bits per heavy atom. The highest BCUT2D eigenvalue weighted by Crippen LogP contribution is 2.35. The first-order valence-electron chi connectivity index (χ1n) is 13.4. The molecule has 0 spiro atoms. The lowest BCUT2D eigenvalue weighted by atomic mass is 9.87. The molecule has 0 saturated carbocycles. The van der Waals surface area contributed by atoms with Gasteiger partial charge in [-0.1, -0.05) is 44.2 Å². The molecule has 10 atom stereocenters. The van der Waals surface area contributed by atoms with Crippen LogP contribution in [0.25, 0.3) is 0 Å². The van der Waals surface area contributed by atoms with Crippen LogP contribution in [0.1, 0.15) is 38.1 Å². The molecule has 0 bridgehead atoms. The Balaban J connectivity index is 1.86. The highest BCUT2D eigenvalue weighted by Gasteiger charge is 2.51.